The number of nitrogens with zero attached hydrogens (tertiary/aromatic N) is 6. The Bertz CT molecular complexity index is 5670. The highest BCUT2D eigenvalue weighted by Gasteiger charge is 2.18. The van der Waals surface area contributed by atoms with Gasteiger partial charge in [0.2, 0.25) is 0 Å². The Labute approximate surface area is 683 Å². The van der Waals surface area contributed by atoms with Crippen LogP contribution in [0.5, 0.6) is 5.75 Å². The van der Waals surface area contributed by atoms with Gasteiger partial charge in [0.05, 0.1) is 40.9 Å². The van der Waals surface area contributed by atoms with Crippen molar-refractivity contribution < 1.29 is 44.3 Å². The lowest BCUT2D eigenvalue weighted by molar-refractivity contribution is 0.0683. The number of hydrogen-bond acceptors (Lipinski definition) is 15. The van der Waals surface area contributed by atoms with Crippen molar-refractivity contribution in [1.82, 2.24) is 51.2 Å². The van der Waals surface area contributed by atoms with Crippen molar-refractivity contribution in [2.75, 3.05) is 7.11 Å². The van der Waals surface area contributed by atoms with Gasteiger partial charge in [-0.05, 0) is 177 Å². The molecule has 0 saturated carbocycles. The molecule has 19 nitrogen and oxygen atoms in total. The second kappa shape index (κ2) is 39.1. The minimum absolute atomic E-state index is 0.157. The summed E-state index contributed by atoms with van der Waals surface area (Å²) < 4.78 is 5.23. The summed E-state index contributed by atoms with van der Waals surface area (Å²) in [6.07, 6.45) is 15.4. The summed E-state index contributed by atoms with van der Waals surface area (Å²) in [4.78, 5) is 69.6. The molecular formula is C99H88N10O9. The van der Waals surface area contributed by atoms with Crippen molar-refractivity contribution in [2.24, 2.45) is 0 Å². The maximum absolute atomic E-state index is 11.3. The standard InChI is InChI=1S/C26H24N2O3.C25H22N2O2.2C24H21N3O2/c1-17(22-5-3-4-20-12-13-27-16-24(20)22)28-15-18-6-8-19(9-7-18)21-10-11-23(26(29)30)25(14-21)31-2;1-17(22-8-4-6-19-5-2-3-7-23(19)22)26-15-18-9-11-20(12-10-18)24-14-13-21(16-27-24)25(28)29;2*1-16(21-4-2-3-18-11-12-25-15-22(18)21)26-13-17-5-7-19(8-6-17)23-10-9-20(14-27-23)24(28)29/h3-14,16-17,28H,15H2,1-2H3,(H,29,30);2-14,16-17,26H,15H2,1H3,(H,28,29);2*2-12,14-16,26H,13H2,1H3,(H,28,29)/t2*17-;2*16-/m1110/s1. The van der Waals surface area contributed by atoms with Gasteiger partial charge < -0.3 is 46.4 Å². The number of pyridine rings is 6. The summed E-state index contributed by atoms with van der Waals surface area (Å²) in [6.45, 7) is 11.6. The van der Waals surface area contributed by atoms with Gasteiger partial charge in [0.1, 0.15) is 11.3 Å². The van der Waals surface area contributed by atoms with Crippen LogP contribution in [0.15, 0.2) is 323 Å². The van der Waals surface area contributed by atoms with Crippen LogP contribution in [-0.2, 0) is 26.2 Å². The Morgan fingerprint density at radius 3 is 0.907 bits per heavy atom. The largest absolute Gasteiger partial charge is 0.496 e. The number of aromatic nitrogens is 6. The third-order valence-corrected chi connectivity index (χ3v) is 20.8. The Kier molecular flexibility index (Phi) is 27.1. The monoisotopic (exact) mass is 1560 g/mol. The number of hydrogen-bond donors (Lipinski definition) is 8. The fourth-order valence-electron chi connectivity index (χ4n) is 14.0. The normalized spacial score (nSPS) is 12.0. The molecule has 16 rings (SSSR count). The molecule has 16 aromatic rings. The molecule has 19 heteroatoms. The number of carboxylic acid groups (broad SMARTS) is 4. The summed E-state index contributed by atoms with van der Waals surface area (Å²) >= 11 is 0. The number of methoxy groups -OCH3 is 1. The number of aromatic carboxylic acids is 4. The molecule has 0 radical (unpaired) electrons. The van der Waals surface area contributed by atoms with Gasteiger partial charge in [-0.3, -0.25) is 29.9 Å². The number of benzene rings is 10. The van der Waals surface area contributed by atoms with Crippen LogP contribution in [0.1, 0.15) is 138 Å². The van der Waals surface area contributed by atoms with Crippen LogP contribution in [0.25, 0.3) is 88.0 Å². The van der Waals surface area contributed by atoms with Gasteiger partial charge in [-0.1, -0.05) is 200 Å². The molecule has 0 spiro atoms. The van der Waals surface area contributed by atoms with E-state index in [1.54, 1.807) is 54.6 Å². The zero-order valence-electron chi connectivity index (χ0n) is 65.8. The molecule has 0 bridgehead atoms. The summed E-state index contributed by atoms with van der Waals surface area (Å²) in [5, 5.41) is 60.1. The Hall–Kier alpha value is -14.3. The Morgan fingerprint density at radius 1 is 0.305 bits per heavy atom. The highest BCUT2D eigenvalue weighted by atomic mass is 16.5. The quantitative estimate of drug-likeness (QED) is 0.0264. The van der Waals surface area contributed by atoms with E-state index in [1.165, 1.54) is 113 Å². The van der Waals surface area contributed by atoms with Gasteiger partial charge in [-0.2, -0.15) is 0 Å². The molecule has 588 valence electrons. The van der Waals surface area contributed by atoms with E-state index >= 15 is 0 Å². The lowest BCUT2D eigenvalue weighted by atomic mass is 9.99. The number of nitrogens with one attached hydrogen (secondary N) is 4. The lowest BCUT2D eigenvalue weighted by Gasteiger charge is -2.17. The van der Waals surface area contributed by atoms with Crippen molar-refractivity contribution in [3.63, 3.8) is 0 Å². The van der Waals surface area contributed by atoms with E-state index in [-0.39, 0.29) is 46.4 Å². The smallest absolute Gasteiger partial charge is 0.339 e. The SMILES string of the molecule is COc1cc(-c2ccc(CN[C@H](C)c3cccc4ccncc34)cc2)ccc1C(=O)O.C[C@@H](NCc1ccc(-c2ccc(C(=O)O)cn2)cc1)c1cccc2ccccc12.C[C@@H](NCc1ccc(-c2ccc(C(=O)O)cn2)cc1)c1cccc2ccncc12.C[C@H](NCc1ccc(-c2ccc(C(=O)O)cn2)cc1)c1cccc2ccncc12. The molecule has 6 aromatic heterocycles. The minimum atomic E-state index is -0.999. The van der Waals surface area contributed by atoms with Crippen molar-refractivity contribution >= 4 is 67.0 Å². The maximum Gasteiger partial charge on any atom is 0.339 e. The Balaban J connectivity index is 0.000000136. The number of carboxylic acids is 4. The second-order valence-corrected chi connectivity index (χ2v) is 28.5. The van der Waals surface area contributed by atoms with E-state index in [0.717, 1.165) is 71.1 Å². The topological polar surface area (TPSA) is 284 Å². The molecule has 0 fully saturated rings. The van der Waals surface area contributed by atoms with Gasteiger partial charge in [0, 0.05) is 139 Å². The van der Waals surface area contributed by atoms with Crippen LogP contribution in [0, 0.1) is 0 Å². The van der Waals surface area contributed by atoms with E-state index < -0.39 is 23.9 Å². The van der Waals surface area contributed by atoms with Crippen LogP contribution in [0.2, 0.25) is 0 Å². The van der Waals surface area contributed by atoms with Crippen LogP contribution < -0.4 is 26.0 Å². The lowest BCUT2D eigenvalue weighted by Crippen LogP contribution is -2.18. The summed E-state index contributed by atoms with van der Waals surface area (Å²) in [6, 6.07) is 88.4. The molecule has 0 unspecified atom stereocenters. The van der Waals surface area contributed by atoms with Crippen LogP contribution in [-0.4, -0.2) is 81.3 Å². The first-order valence-electron chi connectivity index (χ1n) is 38.7. The average molecular weight is 1560 g/mol. The highest BCUT2D eigenvalue weighted by Crippen LogP contribution is 2.32. The van der Waals surface area contributed by atoms with E-state index in [9.17, 15) is 24.3 Å². The van der Waals surface area contributed by atoms with E-state index in [0.29, 0.717) is 5.75 Å². The first kappa shape index (κ1) is 81.7. The fourth-order valence-corrected chi connectivity index (χ4v) is 14.0. The van der Waals surface area contributed by atoms with Crippen LogP contribution in [0.4, 0.5) is 0 Å². The first-order valence-corrected chi connectivity index (χ1v) is 38.7. The molecule has 118 heavy (non-hydrogen) atoms. The van der Waals surface area contributed by atoms with Gasteiger partial charge in [-0.15, -0.1) is 0 Å². The molecule has 6 heterocycles. The molecule has 10 aromatic carbocycles. The Morgan fingerprint density at radius 2 is 0.602 bits per heavy atom. The van der Waals surface area contributed by atoms with Crippen molar-refractivity contribution in [2.45, 2.75) is 78.0 Å². The summed E-state index contributed by atoms with van der Waals surface area (Å²) in [7, 11) is 1.48. The third kappa shape index (κ3) is 20.8. The van der Waals surface area contributed by atoms with Gasteiger partial charge in [0.15, 0.2) is 0 Å². The number of fused-ring (bicyclic) bond motifs is 4. The maximum atomic E-state index is 11.3. The molecule has 0 saturated heterocycles. The molecule has 0 aliphatic rings. The van der Waals surface area contributed by atoms with E-state index in [2.05, 4.69) is 224 Å². The van der Waals surface area contributed by atoms with Crippen LogP contribution >= 0.6 is 0 Å². The molecule has 0 aliphatic carbocycles. The fraction of sp³-hybridized carbons (Fsp3) is 0.131. The zero-order chi connectivity index (χ0) is 82.4. The summed E-state index contributed by atoms with van der Waals surface area (Å²) in [5.41, 5.74) is 17.5. The number of ether oxygens (including phenoxy) is 1. The molecular weight excluding hydrogens is 1470 g/mol. The molecule has 4 atom stereocenters. The van der Waals surface area contributed by atoms with Gasteiger partial charge in [0.25, 0.3) is 0 Å². The van der Waals surface area contributed by atoms with Gasteiger partial charge >= 0.3 is 23.9 Å². The van der Waals surface area contributed by atoms with Crippen LogP contribution in [0.3, 0.4) is 0 Å². The average Bonchev–Trinajstić information content (AvgIpc) is 0.863. The minimum Gasteiger partial charge on any atom is -0.496 e. The van der Waals surface area contributed by atoms with E-state index in [4.69, 9.17) is 20.1 Å². The van der Waals surface area contributed by atoms with E-state index in [1.807, 2.05) is 104 Å². The first-order chi connectivity index (χ1) is 57.4. The number of carbonyl (C=O) groups is 4. The zero-order valence-corrected chi connectivity index (χ0v) is 65.8. The molecule has 8 N–H and O–H groups in total. The number of rotatable bonds is 25. The van der Waals surface area contributed by atoms with Crippen molar-refractivity contribution in [1.29, 1.82) is 0 Å². The van der Waals surface area contributed by atoms with Gasteiger partial charge in [-0.25, -0.2) is 19.2 Å². The molecule has 0 amide bonds. The van der Waals surface area contributed by atoms with Crippen molar-refractivity contribution in [3.8, 4) is 50.6 Å². The predicted molar refractivity (Wildman–Crippen MR) is 465 cm³/mol. The third-order valence-electron chi connectivity index (χ3n) is 20.8. The predicted octanol–water partition coefficient (Wildman–Crippen LogP) is 20.6. The molecule has 0 aliphatic heterocycles. The highest BCUT2D eigenvalue weighted by molar-refractivity contribution is 5.93. The summed E-state index contributed by atoms with van der Waals surface area (Å²) in [5.74, 6) is -3.55. The second-order valence-electron chi connectivity index (χ2n) is 28.5. The van der Waals surface area contributed by atoms with Crippen molar-refractivity contribution in [3.05, 3.63) is 389 Å².